The molecule has 1 saturated heterocycles. The van der Waals surface area contributed by atoms with E-state index in [0.717, 1.165) is 25.0 Å². The van der Waals surface area contributed by atoms with Gasteiger partial charge in [0.05, 0.1) is 12.2 Å². The van der Waals surface area contributed by atoms with Crippen molar-refractivity contribution in [1.29, 1.82) is 0 Å². The third-order valence-electron chi connectivity index (χ3n) is 5.16. The molecule has 1 saturated carbocycles. The molecule has 5 unspecified atom stereocenters. The van der Waals surface area contributed by atoms with Crippen LogP contribution in [0.25, 0.3) is 0 Å². The van der Waals surface area contributed by atoms with Crippen LogP contribution in [0, 0.1) is 5.92 Å². The molecule has 0 spiro atoms. The highest BCUT2D eigenvalue weighted by Crippen LogP contribution is 2.37. The highest BCUT2D eigenvalue weighted by Gasteiger charge is 2.46. The molecule has 2 fully saturated rings. The normalized spacial score (nSPS) is 34.7. The molecular formula is C17H32N2OS. The van der Waals surface area contributed by atoms with E-state index < -0.39 is 0 Å². The van der Waals surface area contributed by atoms with Gasteiger partial charge in [0.2, 0.25) is 5.91 Å². The summed E-state index contributed by atoms with van der Waals surface area (Å²) in [5, 5.41) is 4.30. The van der Waals surface area contributed by atoms with Crippen LogP contribution in [0.15, 0.2) is 0 Å². The molecule has 0 aromatic rings. The first-order valence-electron chi connectivity index (χ1n) is 8.83. The first-order chi connectivity index (χ1) is 10.1. The summed E-state index contributed by atoms with van der Waals surface area (Å²) in [4.78, 5) is 15.2. The lowest BCUT2D eigenvalue weighted by molar-refractivity contribution is -0.133. The van der Waals surface area contributed by atoms with E-state index >= 15 is 0 Å². The van der Waals surface area contributed by atoms with Crippen LogP contribution in [-0.4, -0.2) is 40.1 Å². The predicted molar refractivity (Wildman–Crippen MR) is 91.5 cm³/mol. The molecule has 1 heterocycles. The van der Waals surface area contributed by atoms with Crippen LogP contribution in [0.5, 0.6) is 0 Å². The zero-order valence-corrected chi connectivity index (χ0v) is 14.9. The van der Waals surface area contributed by atoms with Gasteiger partial charge in [0.15, 0.2) is 0 Å². The summed E-state index contributed by atoms with van der Waals surface area (Å²) in [6.07, 6.45) is 7.29. The van der Waals surface area contributed by atoms with E-state index in [1.807, 2.05) is 11.8 Å². The average Bonchev–Trinajstić information content (AvgIpc) is 3.04. The minimum absolute atomic E-state index is 0.0411. The second kappa shape index (κ2) is 7.87. The average molecular weight is 313 g/mol. The lowest BCUT2D eigenvalue weighted by Crippen LogP contribution is -2.47. The molecule has 0 aromatic carbocycles. The van der Waals surface area contributed by atoms with E-state index in [1.54, 1.807) is 0 Å². The minimum atomic E-state index is 0.0411. The van der Waals surface area contributed by atoms with Gasteiger partial charge in [0.25, 0.3) is 0 Å². The van der Waals surface area contributed by atoms with E-state index in [9.17, 15) is 4.79 Å². The Balaban J connectivity index is 2.15. The zero-order chi connectivity index (χ0) is 15.4. The molecule has 2 rings (SSSR count). The maximum absolute atomic E-state index is 13.0. The Kier molecular flexibility index (Phi) is 6.42. The number of hydrogen-bond donors (Lipinski definition) is 1. The maximum Gasteiger partial charge on any atom is 0.241 e. The van der Waals surface area contributed by atoms with E-state index in [2.05, 4.69) is 37.9 Å². The van der Waals surface area contributed by atoms with Gasteiger partial charge in [-0.25, -0.2) is 0 Å². The summed E-state index contributed by atoms with van der Waals surface area (Å²) < 4.78 is 0. The number of carbonyl (C=O) groups excluding carboxylic acids is 1. The fraction of sp³-hybridized carbons (Fsp3) is 0.941. The number of hydrogen-bond acceptors (Lipinski definition) is 3. The van der Waals surface area contributed by atoms with Gasteiger partial charge in [-0.15, -0.1) is 0 Å². The van der Waals surface area contributed by atoms with Gasteiger partial charge in [-0.2, -0.15) is 11.8 Å². The van der Waals surface area contributed by atoms with Crippen LogP contribution in [0.3, 0.4) is 0 Å². The standard InChI is InChI=1S/C17H32N2OS/c1-5-9-15-18-16(12(4)6-2)17(20)19(15)13-10-8-11-14(13)21-7-3/h12-16,18H,5-11H2,1-4H3. The summed E-state index contributed by atoms with van der Waals surface area (Å²) in [5.41, 5.74) is 0. The van der Waals surface area contributed by atoms with Gasteiger partial charge in [-0.05, 0) is 30.9 Å². The molecule has 1 aliphatic carbocycles. The SMILES string of the molecule is CCCC1NC(C(C)CC)C(=O)N1C1CCCC1SCC. The largest absolute Gasteiger partial charge is 0.322 e. The molecule has 1 amide bonds. The smallest absolute Gasteiger partial charge is 0.241 e. The predicted octanol–water partition coefficient (Wildman–Crippen LogP) is 3.63. The molecule has 0 radical (unpaired) electrons. The third-order valence-corrected chi connectivity index (χ3v) is 6.47. The molecule has 5 atom stereocenters. The summed E-state index contributed by atoms with van der Waals surface area (Å²) in [6.45, 7) is 8.83. The molecule has 0 bridgehead atoms. The first kappa shape index (κ1) is 17.1. The van der Waals surface area contributed by atoms with Crippen LogP contribution in [0.4, 0.5) is 0 Å². The number of rotatable bonds is 7. The van der Waals surface area contributed by atoms with Crippen molar-refractivity contribution in [3.63, 3.8) is 0 Å². The number of carbonyl (C=O) groups is 1. The second-order valence-corrected chi connectivity index (χ2v) is 8.09. The van der Waals surface area contributed by atoms with Gasteiger partial charge in [-0.3, -0.25) is 10.1 Å². The lowest BCUT2D eigenvalue weighted by Gasteiger charge is -2.33. The Labute approximate surface area is 134 Å². The fourth-order valence-electron chi connectivity index (χ4n) is 3.84. The summed E-state index contributed by atoms with van der Waals surface area (Å²) in [5.74, 6) is 1.96. The topological polar surface area (TPSA) is 32.3 Å². The van der Waals surface area contributed by atoms with Crippen molar-refractivity contribution in [2.45, 2.75) is 89.7 Å². The van der Waals surface area contributed by atoms with Crippen LogP contribution < -0.4 is 5.32 Å². The summed E-state index contributed by atoms with van der Waals surface area (Å²) in [6, 6.07) is 0.500. The van der Waals surface area contributed by atoms with Crippen molar-refractivity contribution < 1.29 is 4.79 Å². The molecule has 0 aromatic heterocycles. The van der Waals surface area contributed by atoms with Crippen molar-refractivity contribution >= 4 is 17.7 Å². The Morgan fingerprint density at radius 1 is 1.33 bits per heavy atom. The summed E-state index contributed by atoms with van der Waals surface area (Å²) in [7, 11) is 0. The quantitative estimate of drug-likeness (QED) is 0.779. The second-order valence-electron chi connectivity index (χ2n) is 6.57. The highest BCUT2D eigenvalue weighted by molar-refractivity contribution is 7.99. The molecule has 1 N–H and O–H groups in total. The molecule has 122 valence electrons. The van der Waals surface area contributed by atoms with Crippen molar-refractivity contribution in [3.8, 4) is 0 Å². The van der Waals surface area contributed by atoms with Gasteiger partial charge in [-0.1, -0.05) is 47.0 Å². The number of nitrogens with one attached hydrogen (secondary N) is 1. The number of thioether (sulfide) groups is 1. The van der Waals surface area contributed by atoms with Crippen molar-refractivity contribution in [3.05, 3.63) is 0 Å². The van der Waals surface area contributed by atoms with E-state index in [1.165, 1.54) is 19.3 Å². The number of nitrogens with zero attached hydrogens (tertiary/aromatic N) is 1. The molecule has 2 aliphatic rings. The molecule has 4 heteroatoms. The van der Waals surface area contributed by atoms with E-state index in [4.69, 9.17) is 0 Å². The molecule has 3 nitrogen and oxygen atoms in total. The minimum Gasteiger partial charge on any atom is -0.322 e. The van der Waals surface area contributed by atoms with Gasteiger partial charge < -0.3 is 4.90 Å². The molecule has 1 aliphatic heterocycles. The van der Waals surface area contributed by atoms with Crippen molar-refractivity contribution in [2.24, 2.45) is 5.92 Å². The first-order valence-corrected chi connectivity index (χ1v) is 9.88. The van der Waals surface area contributed by atoms with Gasteiger partial charge in [0, 0.05) is 11.3 Å². The van der Waals surface area contributed by atoms with Crippen LogP contribution in [-0.2, 0) is 4.79 Å². The Morgan fingerprint density at radius 2 is 2.10 bits per heavy atom. The van der Waals surface area contributed by atoms with Crippen LogP contribution >= 0.6 is 11.8 Å². The Morgan fingerprint density at radius 3 is 2.71 bits per heavy atom. The molecule has 21 heavy (non-hydrogen) atoms. The third kappa shape index (κ3) is 3.58. The van der Waals surface area contributed by atoms with Crippen molar-refractivity contribution in [2.75, 3.05) is 5.75 Å². The summed E-state index contributed by atoms with van der Waals surface area (Å²) >= 11 is 2.05. The van der Waals surface area contributed by atoms with Gasteiger partial charge >= 0.3 is 0 Å². The maximum atomic E-state index is 13.0. The van der Waals surface area contributed by atoms with Crippen LogP contribution in [0.1, 0.15) is 66.2 Å². The van der Waals surface area contributed by atoms with Gasteiger partial charge in [0.1, 0.15) is 0 Å². The molecular weight excluding hydrogens is 280 g/mol. The fourth-order valence-corrected chi connectivity index (χ4v) is 5.09. The zero-order valence-electron chi connectivity index (χ0n) is 14.1. The van der Waals surface area contributed by atoms with Crippen molar-refractivity contribution in [1.82, 2.24) is 10.2 Å². The van der Waals surface area contributed by atoms with E-state index in [0.29, 0.717) is 23.1 Å². The number of amides is 1. The highest BCUT2D eigenvalue weighted by atomic mass is 32.2. The Bertz CT molecular complexity index is 350. The van der Waals surface area contributed by atoms with Crippen LogP contribution in [0.2, 0.25) is 0 Å². The van der Waals surface area contributed by atoms with E-state index in [-0.39, 0.29) is 12.2 Å². The monoisotopic (exact) mass is 312 g/mol. The lowest BCUT2D eigenvalue weighted by atomic mass is 9.99. The Hall–Kier alpha value is -0.220.